The second kappa shape index (κ2) is 6.48. The first-order valence-corrected chi connectivity index (χ1v) is 7.87. The molecular weight excluding hydrogens is 459 g/mol. The average Bonchev–Trinajstić information content (AvgIpc) is 2.44. The molecule has 2 rings (SSSR count). The van der Waals surface area contributed by atoms with Crippen LogP contribution in [0.2, 0.25) is 0 Å². The van der Waals surface area contributed by atoms with E-state index in [-0.39, 0.29) is 14.6 Å². The number of hydrogen-bond acceptors (Lipinski definition) is 7. The van der Waals surface area contributed by atoms with Crippen LogP contribution in [0.5, 0.6) is 0 Å². The molecule has 1 fully saturated rings. The zero-order valence-corrected chi connectivity index (χ0v) is 15.4. The summed E-state index contributed by atoms with van der Waals surface area (Å²) < 4.78 is 23.3. The third-order valence-electron chi connectivity index (χ3n) is 2.82. The van der Waals surface area contributed by atoms with Crippen LogP contribution in [0.3, 0.4) is 0 Å². The van der Waals surface area contributed by atoms with Crippen LogP contribution >= 0.6 is 31.9 Å². The van der Waals surface area contributed by atoms with Crippen LogP contribution in [-0.2, 0) is 19.1 Å². The van der Waals surface area contributed by atoms with Crippen LogP contribution in [0.15, 0.2) is 26.8 Å². The van der Waals surface area contributed by atoms with E-state index in [0.717, 1.165) is 12.3 Å². The molecule has 1 aliphatic heterocycles. The molecule has 8 nitrogen and oxygen atoms in total. The smallest absolute Gasteiger partial charge is 0.350 e. The van der Waals surface area contributed by atoms with Gasteiger partial charge in [-0.1, -0.05) is 0 Å². The van der Waals surface area contributed by atoms with E-state index in [1.165, 1.54) is 13.8 Å². The summed E-state index contributed by atoms with van der Waals surface area (Å²) in [4.78, 5) is 34.0. The molecule has 0 aliphatic carbocycles. The van der Waals surface area contributed by atoms with E-state index in [1.54, 1.807) is 0 Å². The molecule has 0 bridgehead atoms. The van der Waals surface area contributed by atoms with Crippen molar-refractivity contribution in [3.05, 3.63) is 42.7 Å². The fourth-order valence-corrected chi connectivity index (χ4v) is 3.00. The lowest BCUT2D eigenvalue weighted by atomic mass is 10.2. The molecular formula is C13H9Br2FN2O6. The summed E-state index contributed by atoms with van der Waals surface area (Å²) in [5.74, 6) is -4.15. The largest absolute Gasteiger partial charge is 0.419 e. The van der Waals surface area contributed by atoms with E-state index in [1.807, 2.05) is 0 Å². The van der Waals surface area contributed by atoms with Gasteiger partial charge in [-0.15, -0.1) is 0 Å². The first-order chi connectivity index (χ1) is 11.0. The Labute approximate surface area is 151 Å². The molecule has 1 aliphatic rings. The number of anilines is 1. The van der Waals surface area contributed by atoms with Crippen molar-refractivity contribution in [3.8, 4) is 0 Å². The Kier molecular flexibility index (Phi) is 4.95. The quantitative estimate of drug-likeness (QED) is 0.181. The molecule has 1 N–H and O–H groups in total. The van der Waals surface area contributed by atoms with Crippen molar-refractivity contribution >= 4 is 55.2 Å². The Morgan fingerprint density at radius 3 is 2.33 bits per heavy atom. The number of benzene rings is 1. The number of nitrogens with one attached hydrogen (secondary N) is 1. The maximum atomic E-state index is 13.9. The Bertz CT molecular complexity index is 771. The maximum Gasteiger partial charge on any atom is 0.350 e. The molecule has 11 heteroatoms. The molecule has 0 aromatic heterocycles. The lowest BCUT2D eigenvalue weighted by Gasteiger charge is -2.29. The lowest BCUT2D eigenvalue weighted by Crippen LogP contribution is -2.42. The van der Waals surface area contributed by atoms with E-state index in [0.29, 0.717) is 0 Å². The van der Waals surface area contributed by atoms with Crippen LogP contribution in [0, 0.1) is 15.9 Å². The van der Waals surface area contributed by atoms with Crippen LogP contribution in [-0.4, -0.2) is 22.6 Å². The Hall–Kier alpha value is -2.01. The molecule has 1 aromatic carbocycles. The zero-order valence-electron chi connectivity index (χ0n) is 12.2. The number of nitro benzene ring substituents is 1. The van der Waals surface area contributed by atoms with Gasteiger partial charge in [0.2, 0.25) is 0 Å². The van der Waals surface area contributed by atoms with Gasteiger partial charge >= 0.3 is 11.9 Å². The van der Waals surface area contributed by atoms with Gasteiger partial charge in [0.25, 0.3) is 11.5 Å². The van der Waals surface area contributed by atoms with Gasteiger partial charge in [0.05, 0.1) is 13.9 Å². The van der Waals surface area contributed by atoms with Crippen molar-refractivity contribution in [2.24, 2.45) is 0 Å². The number of hydrogen-bond donors (Lipinski definition) is 1. The van der Waals surface area contributed by atoms with E-state index < -0.39 is 39.7 Å². The first-order valence-electron chi connectivity index (χ1n) is 6.29. The standard InChI is InChI=1S/C13H9Br2FN2O6/c1-13(2)23-11(19)5(12(20)24-13)4-17-10-7(18(21)22)3-6(14)9(16)8(10)15/h3-4,17H,1-2H3. The van der Waals surface area contributed by atoms with Gasteiger partial charge in [0, 0.05) is 26.1 Å². The Morgan fingerprint density at radius 2 is 1.83 bits per heavy atom. The SMILES string of the molecule is CC1(C)OC(=O)C(=CNc2c([N+](=O)[O-])cc(Br)c(F)c2Br)C(=O)O1. The number of nitrogens with zero attached hydrogens (tertiary/aromatic N) is 1. The second-order valence-electron chi connectivity index (χ2n) is 5.02. The number of halogens is 3. The molecule has 128 valence electrons. The van der Waals surface area contributed by atoms with Crippen LogP contribution in [0.1, 0.15) is 13.8 Å². The molecule has 0 amide bonds. The van der Waals surface area contributed by atoms with Crippen molar-refractivity contribution in [2.75, 3.05) is 5.32 Å². The Balaban J connectivity index is 2.42. The number of ether oxygens (including phenoxy) is 2. The summed E-state index contributed by atoms with van der Waals surface area (Å²) in [5.41, 5.74) is -1.28. The predicted molar refractivity (Wildman–Crippen MR) is 86.4 cm³/mol. The van der Waals surface area contributed by atoms with Gasteiger partial charge in [0.1, 0.15) is 5.69 Å². The molecule has 0 atom stereocenters. The van der Waals surface area contributed by atoms with Crippen molar-refractivity contribution in [2.45, 2.75) is 19.6 Å². The predicted octanol–water partition coefficient (Wildman–Crippen LogP) is 3.39. The minimum atomic E-state index is -1.41. The second-order valence-corrected chi connectivity index (χ2v) is 6.67. The third-order valence-corrected chi connectivity index (χ3v) is 4.14. The van der Waals surface area contributed by atoms with Gasteiger partial charge in [0.15, 0.2) is 11.4 Å². The normalized spacial score (nSPS) is 16.3. The van der Waals surface area contributed by atoms with E-state index in [4.69, 9.17) is 9.47 Å². The highest BCUT2D eigenvalue weighted by Crippen LogP contribution is 2.39. The summed E-state index contributed by atoms with van der Waals surface area (Å²) in [6.45, 7) is 2.75. The summed E-state index contributed by atoms with van der Waals surface area (Å²) in [5, 5.41) is 13.5. The van der Waals surface area contributed by atoms with Crippen LogP contribution in [0.4, 0.5) is 15.8 Å². The maximum absolute atomic E-state index is 13.9. The molecule has 0 radical (unpaired) electrons. The highest BCUT2D eigenvalue weighted by molar-refractivity contribution is 9.11. The summed E-state index contributed by atoms with van der Waals surface area (Å²) in [7, 11) is 0. The van der Waals surface area contributed by atoms with Crippen molar-refractivity contribution in [3.63, 3.8) is 0 Å². The number of carbonyl (C=O) groups excluding carboxylic acids is 2. The van der Waals surface area contributed by atoms with E-state index >= 15 is 0 Å². The molecule has 1 aromatic rings. The van der Waals surface area contributed by atoms with Gasteiger partial charge in [-0.3, -0.25) is 10.1 Å². The fourth-order valence-electron chi connectivity index (χ4n) is 1.79. The average molecular weight is 468 g/mol. The van der Waals surface area contributed by atoms with Gasteiger partial charge in [-0.2, -0.15) is 0 Å². The number of carbonyl (C=O) groups is 2. The first kappa shape index (κ1) is 18.3. The van der Waals surface area contributed by atoms with E-state index in [9.17, 15) is 24.1 Å². The minimum Gasteiger partial charge on any atom is -0.419 e. The van der Waals surface area contributed by atoms with Gasteiger partial charge < -0.3 is 14.8 Å². The minimum absolute atomic E-state index is 0.127. The number of nitro groups is 1. The number of rotatable bonds is 3. The summed E-state index contributed by atoms with van der Waals surface area (Å²) in [6, 6.07) is 0.946. The van der Waals surface area contributed by atoms with Crippen molar-refractivity contribution < 1.29 is 28.4 Å². The Morgan fingerprint density at radius 1 is 1.29 bits per heavy atom. The van der Waals surface area contributed by atoms with Crippen molar-refractivity contribution in [1.82, 2.24) is 0 Å². The molecule has 1 saturated heterocycles. The molecule has 24 heavy (non-hydrogen) atoms. The number of esters is 2. The summed E-state index contributed by atoms with van der Waals surface area (Å²) in [6.07, 6.45) is 0.861. The van der Waals surface area contributed by atoms with Gasteiger partial charge in [-0.05, 0) is 31.9 Å². The fraction of sp³-hybridized carbons (Fsp3) is 0.231. The monoisotopic (exact) mass is 466 g/mol. The molecule has 0 unspecified atom stereocenters. The highest BCUT2D eigenvalue weighted by atomic mass is 79.9. The molecule has 1 heterocycles. The lowest BCUT2D eigenvalue weighted by molar-refractivity contribution is -0.384. The highest BCUT2D eigenvalue weighted by Gasteiger charge is 2.39. The third kappa shape index (κ3) is 3.56. The molecule has 0 spiro atoms. The molecule has 0 saturated carbocycles. The van der Waals surface area contributed by atoms with Gasteiger partial charge in [-0.25, -0.2) is 14.0 Å². The zero-order chi connectivity index (χ0) is 18.2. The summed E-state index contributed by atoms with van der Waals surface area (Å²) >= 11 is 5.75. The van der Waals surface area contributed by atoms with Crippen LogP contribution < -0.4 is 5.32 Å². The van der Waals surface area contributed by atoms with E-state index in [2.05, 4.69) is 37.2 Å². The topological polar surface area (TPSA) is 108 Å². The van der Waals surface area contributed by atoms with Crippen molar-refractivity contribution in [1.29, 1.82) is 0 Å². The number of cyclic esters (lactones) is 2. The van der Waals surface area contributed by atoms with Crippen LogP contribution in [0.25, 0.3) is 0 Å².